The molecule has 8 heavy (non-hydrogen) atoms. The fourth-order valence-corrected chi connectivity index (χ4v) is 0.655. The Morgan fingerprint density at radius 1 is 1.25 bits per heavy atom. The summed E-state index contributed by atoms with van der Waals surface area (Å²) >= 11 is 0. The van der Waals surface area contributed by atoms with Crippen molar-refractivity contribution in [3.63, 3.8) is 0 Å². The third kappa shape index (κ3) is 3.56. The van der Waals surface area contributed by atoms with Crippen LogP contribution in [0.3, 0.4) is 0 Å². The Morgan fingerprint density at radius 3 is 2.00 bits per heavy atom. The predicted octanol–water partition coefficient (Wildman–Crippen LogP) is -0.700. The zero-order valence-electron chi connectivity index (χ0n) is 4.68. The second-order valence-electron chi connectivity index (χ2n) is 1.92. The van der Waals surface area contributed by atoms with Crippen LogP contribution in [0.25, 0.3) is 0 Å². The number of ether oxygens (including phenoxy) is 1. The Kier molecular flexibility index (Phi) is 6.39. The SMILES string of the molecule is CN1CCOCC1.[KH]. The molecular formula is C5H12KNO. The molecule has 0 aromatic carbocycles. The van der Waals surface area contributed by atoms with Gasteiger partial charge >= 0.3 is 51.4 Å². The van der Waals surface area contributed by atoms with Crippen LogP contribution >= 0.6 is 0 Å². The Balaban J connectivity index is 0.000000490. The van der Waals surface area contributed by atoms with E-state index in [-0.39, 0.29) is 51.4 Å². The van der Waals surface area contributed by atoms with E-state index in [1.165, 1.54) is 0 Å². The van der Waals surface area contributed by atoms with Crippen LogP contribution in [0, 0.1) is 0 Å². The van der Waals surface area contributed by atoms with E-state index in [2.05, 4.69) is 11.9 Å². The van der Waals surface area contributed by atoms with Crippen LogP contribution in [0.2, 0.25) is 0 Å². The van der Waals surface area contributed by atoms with Gasteiger partial charge in [-0.2, -0.15) is 0 Å². The normalized spacial score (nSPS) is 22.1. The molecule has 1 heterocycles. The van der Waals surface area contributed by atoms with Gasteiger partial charge in [-0.15, -0.1) is 0 Å². The Morgan fingerprint density at radius 2 is 1.75 bits per heavy atom. The second kappa shape index (κ2) is 5.35. The molecule has 1 aliphatic heterocycles. The summed E-state index contributed by atoms with van der Waals surface area (Å²) < 4.78 is 5.10. The van der Waals surface area contributed by atoms with E-state index < -0.39 is 0 Å². The van der Waals surface area contributed by atoms with Gasteiger partial charge in [0.05, 0.1) is 13.2 Å². The molecule has 0 unspecified atom stereocenters. The molecule has 1 aliphatic rings. The van der Waals surface area contributed by atoms with Gasteiger partial charge in [0.25, 0.3) is 0 Å². The fourth-order valence-electron chi connectivity index (χ4n) is 0.655. The molecule has 1 saturated heterocycles. The number of likely N-dealkylation sites (N-methyl/N-ethyl adjacent to an activating group) is 1. The average molecular weight is 141 g/mol. The van der Waals surface area contributed by atoms with Crippen molar-refractivity contribution < 1.29 is 4.74 Å². The van der Waals surface area contributed by atoms with Gasteiger partial charge in [0.15, 0.2) is 0 Å². The number of hydrogen-bond acceptors (Lipinski definition) is 2. The predicted molar refractivity (Wildman–Crippen MR) is 35.5 cm³/mol. The van der Waals surface area contributed by atoms with Crippen molar-refractivity contribution in [2.24, 2.45) is 0 Å². The summed E-state index contributed by atoms with van der Waals surface area (Å²) in [6.45, 7) is 4.02. The number of morpholine rings is 1. The first kappa shape index (κ1) is 9.56. The minimum absolute atomic E-state index is 0. The molecule has 1 rings (SSSR count). The maximum absolute atomic E-state index is 5.10. The molecular weight excluding hydrogens is 129 g/mol. The van der Waals surface area contributed by atoms with Crippen LogP contribution in [0.1, 0.15) is 0 Å². The monoisotopic (exact) mass is 141 g/mol. The van der Waals surface area contributed by atoms with Crippen LogP contribution < -0.4 is 0 Å². The molecule has 0 spiro atoms. The molecule has 0 amide bonds. The number of nitrogens with zero attached hydrogens (tertiary/aromatic N) is 1. The molecule has 0 N–H and O–H groups in total. The second-order valence-corrected chi connectivity index (χ2v) is 1.92. The summed E-state index contributed by atoms with van der Waals surface area (Å²) in [6.07, 6.45) is 0. The van der Waals surface area contributed by atoms with E-state index >= 15 is 0 Å². The summed E-state index contributed by atoms with van der Waals surface area (Å²) in [5.41, 5.74) is 0. The van der Waals surface area contributed by atoms with Crippen molar-refractivity contribution in [2.75, 3.05) is 33.4 Å². The van der Waals surface area contributed by atoms with Crippen LogP contribution in [0.15, 0.2) is 0 Å². The molecule has 44 valence electrons. The summed E-state index contributed by atoms with van der Waals surface area (Å²) in [6, 6.07) is 0. The van der Waals surface area contributed by atoms with Gasteiger partial charge in [0, 0.05) is 13.1 Å². The molecule has 2 nitrogen and oxygen atoms in total. The molecule has 0 saturated carbocycles. The van der Waals surface area contributed by atoms with Crippen LogP contribution in [0.5, 0.6) is 0 Å². The van der Waals surface area contributed by atoms with E-state index in [1.807, 2.05) is 0 Å². The van der Waals surface area contributed by atoms with Crippen molar-refractivity contribution in [3.05, 3.63) is 0 Å². The van der Waals surface area contributed by atoms with E-state index in [4.69, 9.17) is 4.74 Å². The minimum atomic E-state index is 0. The van der Waals surface area contributed by atoms with Gasteiger partial charge in [0.2, 0.25) is 0 Å². The third-order valence-electron chi connectivity index (χ3n) is 1.23. The standard InChI is InChI=1S/C5H11NO.K.H/c1-6-2-4-7-5-3-6;;/h2-5H2,1H3;;. The Bertz CT molecular complexity index is 54.4. The van der Waals surface area contributed by atoms with Gasteiger partial charge in [-0.25, -0.2) is 0 Å². The number of hydrogen-bond donors (Lipinski definition) is 0. The van der Waals surface area contributed by atoms with Crippen molar-refractivity contribution >= 4 is 51.4 Å². The molecule has 1 fully saturated rings. The van der Waals surface area contributed by atoms with Crippen molar-refractivity contribution in [3.8, 4) is 0 Å². The molecule has 0 bridgehead atoms. The molecule has 0 atom stereocenters. The molecule has 0 aromatic rings. The van der Waals surface area contributed by atoms with E-state index in [0.717, 1.165) is 26.3 Å². The first-order valence-electron chi connectivity index (χ1n) is 2.66. The maximum atomic E-state index is 5.10. The van der Waals surface area contributed by atoms with E-state index in [0.29, 0.717) is 0 Å². The van der Waals surface area contributed by atoms with Gasteiger partial charge in [-0.05, 0) is 7.05 Å². The van der Waals surface area contributed by atoms with Gasteiger partial charge in [0.1, 0.15) is 0 Å². The van der Waals surface area contributed by atoms with Crippen LogP contribution in [0.4, 0.5) is 0 Å². The summed E-state index contributed by atoms with van der Waals surface area (Å²) in [5.74, 6) is 0. The topological polar surface area (TPSA) is 12.5 Å². The first-order chi connectivity index (χ1) is 3.39. The zero-order chi connectivity index (χ0) is 5.11. The van der Waals surface area contributed by atoms with Gasteiger partial charge in [-0.3, -0.25) is 0 Å². The van der Waals surface area contributed by atoms with Crippen LogP contribution in [-0.2, 0) is 4.74 Å². The Hall–Kier alpha value is 1.56. The summed E-state index contributed by atoms with van der Waals surface area (Å²) in [7, 11) is 2.11. The van der Waals surface area contributed by atoms with E-state index in [9.17, 15) is 0 Å². The zero-order valence-corrected chi connectivity index (χ0v) is 4.68. The van der Waals surface area contributed by atoms with Gasteiger partial charge in [-0.1, -0.05) is 0 Å². The third-order valence-corrected chi connectivity index (χ3v) is 1.23. The van der Waals surface area contributed by atoms with Crippen molar-refractivity contribution in [1.29, 1.82) is 0 Å². The van der Waals surface area contributed by atoms with Crippen molar-refractivity contribution in [1.82, 2.24) is 4.90 Å². The summed E-state index contributed by atoms with van der Waals surface area (Å²) in [5, 5.41) is 0. The van der Waals surface area contributed by atoms with Crippen molar-refractivity contribution in [2.45, 2.75) is 0 Å². The van der Waals surface area contributed by atoms with Crippen LogP contribution in [-0.4, -0.2) is 89.6 Å². The number of rotatable bonds is 0. The summed E-state index contributed by atoms with van der Waals surface area (Å²) in [4.78, 5) is 2.27. The Labute approximate surface area is 93.0 Å². The molecule has 0 radical (unpaired) electrons. The average Bonchev–Trinajstić information content (AvgIpc) is 1.69. The molecule has 0 aliphatic carbocycles. The first-order valence-corrected chi connectivity index (χ1v) is 2.66. The fraction of sp³-hybridized carbons (Fsp3) is 1.00. The van der Waals surface area contributed by atoms with E-state index in [1.54, 1.807) is 0 Å². The molecule has 3 heteroatoms. The van der Waals surface area contributed by atoms with Gasteiger partial charge < -0.3 is 9.64 Å². The quantitative estimate of drug-likeness (QED) is 0.414. The molecule has 0 aromatic heterocycles.